The van der Waals surface area contributed by atoms with Crippen molar-refractivity contribution in [2.24, 2.45) is 17.8 Å². The van der Waals surface area contributed by atoms with Crippen LogP contribution in [0.3, 0.4) is 0 Å². The molecule has 12 heteroatoms. The Bertz CT molecular complexity index is 1040. The van der Waals surface area contributed by atoms with Gasteiger partial charge in [0.15, 0.2) is 0 Å². The lowest BCUT2D eigenvalue weighted by Gasteiger charge is -2.35. The van der Waals surface area contributed by atoms with Crippen LogP contribution < -0.4 is 21.5 Å². The van der Waals surface area contributed by atoms with Crippen molar-refractivity contribution in [3.05, 3.63) is 42.0 Å². The molecule has 1 aromatic carbocycles. The lowest BCUT2D eigenvalue weighted by Crippen LogP contribution is -2.59. The van der Waals surface area contributed by atoms with Crippen LogP contribution in [0.4, 0.5) is 4.79 Å². The maximum Gasteiger partial charge on any atom is 0.407 e. The van der Waals surface area contributed by atoms with Crippen molar-refractivity contribution in [1.29, 1.82) is 0 Å². The molecule has 0 aromatic heterocycles. The normalized spacial score (nSPS) is 17.2. The molecular formula is C31H49N5O7. The monoisotopic (exact) mass is 603 g/mol. The Hall–Kier alpha value is -3.28. The molecule has 12 nitrogen and oxygen atoms in total. The molecule has 1 fully saturated rings. The third kappa shape index (κ3) is 12.5. The molecule has 2 rings (SSSR count). The Balaban J connectivity index is 2.31. The van der Waals surface area contributed by atoms with Gasteiger partial charge in [-0.15, -0.1) is 0 Å². The standard InChI is InChI=1S/C31H49N5O7/c1-21(2)27(33-31(41)42-4)29(39)32-25(18-23-12-8-6-9-13-23)26(38)20-36(19-24-14-10-7-11-15-24)34-30(40)28(35-43-5)22(3)16-17-37/h6,8-9,12-13,16,21-22,24-28,35,38H,7,10-11,14-15,18-20H2,1-5H3,(H,32,39)(H,33,41)(H,34,40)/t22?,25-,26+,27-,28-/m0/s1. The first-order valence-corrected chi connectivity index (χ1v) is 15.0. The van der Waals surface area contributed by atoms with E-state index in [1.165, 1.54) is 26.7 Å². The highest BCUT2D eigenvalue weighted by atomic mass is 16.6. The number of nitrogens with one attached hydrogen (secondary N) is 4. The van der Waals surface area contributed by atoms with Gasteiger partial charge in [-0.3, -0.25) is 15.0 Å². The summed E-state index contributed by atoms with van der Waals surface area (Å²) in [5, 5.41) is 18.8. The molecule has 5 atom stereocenters. The number of aliphatic hydroxyl groups excluding tert-OH is 1. The van der Waals surface area contributed by atoms with Crippen molar-refractivity contribution in [1.82, 2.24) is 26.5 Å². The van der Waals surface area contributed by atoms with Crippen LogP contribution in [0.5, 0.6) is 0 Å². The Morgan fingerprint density at radius 1 is 1.02 bits per heavy atom. The van der Waals surface area contributed by atoms with Gasteiger partial charge in [0.05, 0.1) is 26.4 Å². The second-order valence-corrected chi connectivity index (χ2v) is 11.6. The van der Waals surface area contributed by atoms with Crippen molar-refractivity contribution >= 4 is 23.8 Å². The highest BCUT2D eigenvalue weighted by Crippen LogP contribution is 2.24. The summed E-state index contributed by atoms with van der Waals surface area (Å²) in [4.78, 5) is 54.7. The predicted octanol–water partition coefficient (Wildman–Crippen LogP) is 1.91. The number of hydrazine groups is 1. The molecule has 0 aliphatic heterocycles. The summed E-state index contributed by atoms with van der Waals surface area (Å²) in [6, 6.07) is 6.94. The molecule has 1 aromatic rings. The van der Waals surface area contributed by atoms with E-state index in [0.29, 0.717) is 18.9 Å². The number of hydrogen-bond donors (Lipinski definition) is 5. The topological polar surface area (TPSA) is 158 Å². The molecule has 0 heterocycles. The van der Waals surface area contributed by atoms with Crippen molar-refractivity contribution in [2.45, 2.75) is 83.5 Å². The fourth-order valence-corrected chi connectivity index (χ4v) is 5.30. The first kappa shape index (κ1) is 35.9. The molecule has 0 saturated heterocycles. The van der Waals surface area contributed by atoms with Crippen LogP contribution >= 0.6 is 0 Å². The summed E-state index contributed by atoms with van der Waals surface area (Å²) in [5.74, 6) is 0.388. The molecular weight excluding hydrogens is 554 g/mol. The second kappa shape index (κ2) is 19.1. The van der Waals surface area contributed by atoms with E-state index in [9.17, 15) is 24.3 Å². The van der Waals surface area contributed by atoms with Crippen molar-refractivity contribution in [2.75, 3.05) is 27.3 Å². The van der Waals surface area contributed by atoms with Gasteiger partial charge >= 0.3 is 6.09 Å². The summed E-state index contributed by atoms with van der Waals surface area (Å²) in [6.07, 6.45) is 5.11. The van der Waals surface area contributed by atoms with E-state index >= 15 is 0 Å². The van der Waals surface area contributed by atoms with E-state index in [1.807, 2.05) is 30.3 Å². The number of hydroxylamine groups is 1. The quantitative estimate of drug-likeness (QED) is 0.132. The number of methoxy groups -OCH3 is 1. The lowest BCUT2D eigenvalue weighted by atomic mass is 9.89. The molecule has 1 saturated carbocycles. The minimum atomic E-state index is -1.10. The van der Waals surface area contributed by atoms with Crippen LogP contribution in [0.15, 0.2) is 36.4 Å². The number of nitrogens with zero attached hydrogens (tertiary/aromatic N) is 1. The van der Waals surface area contributed by atoms with Gasteiger partial charge in [-0.05, 0) is 36.7 Å². The maximum absolute atomic E-state index is 13.4. The molecule has 43 heavy (non-hydrogen) atoms. The maximum atomic E-state index is 13.4. The van der Waals surface area contributed by atoms with E-state index in [1.54, 1.807) is 31.7 Å². The van der Waals surface area contributed by atoms with E-state index < -0.39 is 48.1 Å². The third-order valence-electron chi connectivity index (χ3n) is 7.76. The summed E-state index contributed by atoms with van der Waals surface area (Å²) < 4.78 is 4.70. The summed E-state index contributed by atoms with van der Waals surface area (Å²) in [5.41, 5.74) is 6.46. The van der Waals surface area contributed by atoms with Crippen LogP contribution in [0.1, 0.15) is 58.4 Å². The number of ether oxygens (including phenoxy) is 1. The van der Waals surface area contributed by atoms with Crippen LogP contribution in [0.2, 0.25) is 0 Å². The molecule has 0 spiro atoms. The van der Waals surface area contributed by atoms with E-state index in [4.69, 9.17) is 9.57 Å². The highest BCUT2D eigenvalue weighted by Gasteiger charge is 2.32. The molecule has 5 N–H and O–H groups in total. The summed E-state index contributed by atoms with van der Waals surface area (Å²) in [7, 11) is 2.61. The predicted molar refractivity (Wildman–Crippen MR) is 162 cm³/mol. The zero-order chi connectivity index (χ0) is 31.8. The molecule has 0 bridgehead atoms. The van der Waals surface area contributed by atoms with E-state index in [0.717, 1.165) is 31.2 Å². The first-order chi connectivity index (χ1) is 20.6. The van der Waals surface area contributed by atoms with Gasteiger partial charge in [0.25, 0.3) is 5.91 Å². The number of rotatable bonds is 17. The van der Waals surface area contributed by atoms with Crippen LogP contribution in [0, 0.1) is 17.8 Å². The van der Waals surface area contributed by atoms with Gasteiger partial charge in [0, 0.05) is 25.1 Å². The largest absolute Gasteiger partial charge is 0.453 e. The average Bonchev–Trinajstić information content (AvgIpc) is 2.98. The highest BCUT2D eigenvalue weighted by molar-refractivity contribution is 5.86. The van der Waals surface area contributed by atoms with E-state index in [2.05, 4.69) is 21.5 Å². The van der Waals surface area contributed by atoms with Gasteiger partial charge in [-0.25, -0.2) is 14.6 Å². The van der Waals surface area contributed by atoms with Gasteiger partial charge in [-0.2, -0.15) is 5.48 Å². The molecule has 3 amide bonds. The van der Waals surface area contributed by atoms with Crippen molar-refractivity contribution in [3.8, 4) is 0 Å². The fourth-order valence-electron chi connectivity index (χ4n) is 5.30. The summed E-state index contributed by atoms with van der Waals surface area (Å²) >= 11 is 0. The zero-order valence-electron chi connectivity index (χ0n) is 26.0. The number of benzene rings is 1. The summed E-state index contributed by atoms with van der Waals surface area (Å²) in [6.45, 7) is 5.82. The van der Waals surface area contributed by atoms with Crippen molar-refractivity contribution < 1.29 is 33.9 Å². The molecule has 1 aliphatic rings. The lowest BCUT2D eigenvalue weighted by molar-refractivity contribution is -0.134. The minimum absolute atomic E-state index is 0.0222. The first-order valence-electron chi connectivity index (χ1n) is 15.0. The fraction of sp³-hybridized carbons (Fsp3) is 0.645. The number of aliphatic hydroxyl groups is 1. The van der Waals surface area contributed by atoms with Crippen LogP contribution in [0.25, 0.3) is 0 Å². The molecule has 240 valence electrons. The van der Waals surface area contributed by atoms with Crippen molar-refractivity contribution in [3.63, 3.8) is 0 Å². The van der Waals surface area contributed by atoms with E-state index in [-0.39, 0.29) is 12.5 Å². The third-order valence-corrected chi connectivity index (χ3v) is 7.76. The second-order valence-electron chi connectivity index (χ2n) is 11.6. The Labute approximate surface area is 254 Å². The molecule has 1 aliphatic carbocycles. The van der Waals surface area contributed by atoms with Gasteiger partial charge in [-0.1, -0.05) is 70.4 Å². The smallest absolute Gasteiger partial charge is 0.407 e. The van der Waals surface area contributed by atoms with Crippen LogP contribution in [-0.4, -0.2) is 85.5 Å². The number of amides is 3. The van der Waals surface area contributed by atoms with Gasteiger partial charge in [0.1, 0.15) is 18.0 Å². The number of carbonyl (C=O) groups excluding carboxylic acids is 4. The minimum Gasteiger partial charge on any atom is -0.453 e. The Kier molecular flexibility index (Phi) is 15.9. The SMILES string of the molecule is CON[C@H](C(=O)NN(CC1CCCCC1)C[C@@H](O)[C@H](Cc1ccccc1)NC(=O)[C@@H](NC(=O)OC)C(C)C)C(C)C=C=O. The van der Waals surface area contributed by atoms with Gasteiger partial charge in [0.2, 0.25) is 5.91 Å². The zero-order valence-corrected chi connectivity index (χ0v) is 26.0. The van der Waals surface area contributed by atoms with Crippen LogP contribution in [-0.2, 0) is 30.4 Å². The van der Waals surface area contributed by atoms with Gasteiger partial charge < -0.3 is 25.3 Å². The number of alkyl carbamates (subject to hydrolysis) is 1. The number of carbonyl (C=O) groups is 3. The Morgan fingerprint density at radius 3 is 2.28 bits per heavy atom. The molecule has 0 radical (unpaired) electrons. The number of hydrogen-bond acceptors (Lipinski definition) is 9. The Morgan fingerprint density at radius 2 is 1.70 bits per heavy atom. The average molecular weight is 604 g/mol. The molecule has 1 unspecified atom stereocenters.